The number of nitrogens with one attached hydrogen (secondary N) is 2. The van der Waals surface area contributed by atoms with Crippen molar-refractivity contribution in [2.45, 2.75) is 51.2 Å². The van der Waals surface area contributed by atoms with Gasteiger partial charge >= 0.3 is 0 Å². The molecule has 90 valence electrons. The highest BCUT2D eigenvalue weighted by Crippen LogP contribution is 2.30. The van der Waals surface area contributed by atoms with E-state index in [1.165, 1.54) is 30.5 Å². The second-order valence-electron chi connectivity index (χ2n) is 5.27. The Kier molecular flexibility index (Phi) is 3.36. The molecule has 3 heteroatoms. The van der Waals surface area contributed by atoms with E-state index < -0.39 is 0 Å². The molecule has 1 aliphatic carbocycles. The summed E-state index contributed by atoms with van der Waals surface area (Å²) in [5, 5.41) is 6.90. The molecule has 1 unspecified atom stereocenters. The van der Waals surface area contributed by atoms with Crippen LogP contribution in [0.4, 0.5) is 0 Å². The Morgan fingerprint density at radius 1 is 1.56 bits per heavy atom. The number of rotatable bonds is 4. The van der Waals surface area contributed by atoms with Gasteiger partial charge in [-0.25, -0.2) is 0 Å². The summed E-state index contributed by atoms with van der Waals surface area (Å²) < 4.78 is 0. The highest BCUT2D eigenvalue weighted by Gasteiger charge is 2.30. The molecule has 1 atom stereocenters. The van der Waals surface area contributed by atoms with E-state index in [2.05, 4.69) is 30.6 Å². The van der Waals surface area contributed by atoms with Crippen LogP contribution in [-0.4, -0.2) is 18.2 Å². The van der Waals surface area contributed by atoms with Crippen molar-refractivity contribution in [2.24, 2.45) is 5.73 Å². The molecule has 4 N–H and O–H groups in total. The van der Waals surface area contributed by atoms with Gasteiger partial charge < -0.3 is 16.4 Å². The molecule has 0 saturated heterocycles. The van der Waals surface area contributed by atoms with Gasteiger partial charge in [0.05, 0.1) is 6.17 Å². The van der Waals surface area contributed by atoms with Crippen molar-refractivity contribution in [1.82, 2.24) is 10.6 Å². The van der Waals surface area contributed by atoms with Crippen molar-refractivity contribution in [3.8, 4) is 0 Å². The van der Waals surface area contributed by atoms with Crippen LogP contribution >= 0.6 is 0 Å². The minimum absolute atomic E-state index is 0.0131. The summed E-state index contributed by atoms with van der Waals surface area (Å²) in [5.41, 5.74) is 8.77. The van der Waals surface area contributed by atoms with Crippen molar-refractivity contribution < 1.29 is 0 Å². The van der Waals surface area contributed by atoms with Gasteiger partial charge in [0.15, 0.2) is 0 Å². The fourth-order valence-corrected chi connectivity index (χ4v) is 2.39. The lowest BCUT2D eigenvalue weighted by Gasteiger charge is -2.39. The van der Waals surface area contributed by atoms with Crippen LogP contribution in [-0.2, 0) is 0 Å². The predicted molar refractivity (Wildman–Crippen MR) is 67.8 cm³/mol. The summed E-state index contributed by atoms with van der Waals surface area (Å²) in [7, 11) is 0. The second kappa shape index (κ2) is 4.60. The Morgan fingerprint density at radius 2 is 2.31 bits per heavy atom. The summed E-state index contributed by atoms with van der Waals surface area (Å²) in [6, 6.07) is 0. The third-order valence-electron chi connectivity index (χ3n) is 3.77. The van der Waals surface area contributed by atoms with Crippen molar-refractivity contribution in [1.29, 1.82) is 0 Å². The Balaban J connectivity index is 1.77. The molecule has 0 aromatic heterocycles. The van der Waals surface area contributed by atoms with Gasteiger partial charge in [-0.1, -0.05) is 6.08 Å². The molecule has 2 rings (SSSR count). The first-order valence-electron chi connectivity index (χ1n) is 6.24. The SMILES string of the molecule is CC1=C(CCNC2(C)CCC2)C=CC(N)N1. The van der Waals surface area contributed by atoms with Crippen molar-refractivity contribution in [3.63, 3.8) is 0 Å². The number of hydrogen-bond donors (Lipinski definition) is 3. The van der Waals surface area contributed by atoms with E-state index in [0.717, 1.165) is 13.0 Å². The number of hydrogen-bond acceptors (Lipinski definition) is 3. The predicted octanol–water partition coefficient (Wildman–Crippen LogP) is 1.63. The zero-order valence-corrected chi connectivity index (χ0v) is 10.3. The van der Waals surface area contributed by atoms with Gasteiger partial charge in [0.25, 0.3) is 0 Å². The number of dihydropyridines is 1. The summed E-state index contributed by atoms with van der Waals surface area (Å²) in [4.78, 5) is 0. The Hall–Kier alpha value is -0.800. The molecule has 0 aromatic carbocycles. The molecule has 1 fully saturated rings. The monoisotopic (exact) mass is 221 g/mol. The van der Waals surface area contributed by atoms with Crippen LogP contribution in [0.3, 0.4) is 0 Å². The molecule has 0 aromatic rings. The topological polar surface area (TPSA) is 50.1 Å². The molecule has 1 aliphatic heterocycles. The van der Waals surface area contributed by atoms with Gasteiger partial charge in [0.1, 0.15) is 0 Å². The molecule has 0 radical (unpaired) electrons. The smallest absolute Gasteiger partial charge is 0.0936 e. The minimum Gasteiger partial charge on any atom is -0.370 e. The van der Waals surface area contributed by atoms with Gasteiger partial charge in [-0.05, 0) is 57.7 Å². The van der Waals surface area contributed by atoms with Crippen molar-refractivity contribution in [3.05, 3.63) is 23.4 Å². The molecule has 0 spiro atoms. The van der Waals surface area contributed by atoms with Crippen LogP contribution < -0.4 is 16.4 Å². The molecular weight excluding hydrogens is 198 g/mol. The van der Waals surface area contributed by atoms with E-state index in [1.807, 2.05) is 6.08 Å². The molecule has 16 heavy (non-hydrogen) atoms. The summed E-state index contributed by atoms with van der Waals surface area (Å²) in [6.07, 6.45) is 9.27. The van der Waals surface area contributed by atoms with E-state index in [4.69, 9.17) is 5.73 Å². The Labute approximate surface area is 98.2 Å². The van der Waals surface area contributed by atoms with Gasteiger partial charge in [0, 0.05) is 11.2 Å². The molecule has 1 saturated carbocycles. The maximum Gasteiger partial charge on any atom is 0.0936 e. The van der Waals surface area contributed by atoms with Crippen molar-refractivity contribution in [2.75, 3.05) is 6.54 Å². The lowest BCUT2D eigenvalue weighted by molar-refractivity contribution is 0.210. The first-order chi connectivity index (χ1) is 7.59. The highest BCUT2D eigenvalue weighted by atomic mass is 15.0. The number of allylic oxidation sites excluding steroid dienone is 2. The average molecular weight is 221 g/mol. The zero-order valence-electron chi connectivity index (χ0n) is 10.3. The first-order valence-corrected chi connectivity index (χ1v) is 6.24. The lowest BCUT2D eigenvalue weighted by atomic mass is 9.78. The average Bonchev–Trinajstić information content (AvgIpc) is 2.19. The van der Waals surface area contributed by atoms with Gasteiger partial charge in [-0.3, -0.25) is 0 Å². The standard InChI is InChI=1S/C13H23N3/c1-10-11(4-5-12(14)16-10)6-9-15-13(2)7-3-8-13/h4-5,12,15-16H,3,6-9,14H2,1-2H3. The third-order valence-corrected chi connectivity index (χ3v) is 3.77. The van der Waals surface area contributed by atoms with Crippen LogP contribution in [0.15, 0.2) is 23.4 Å². The highest BCUT2D eigenvalue weighted by molar-refractivity contribution is 5.29. The maximum absolute atomic E-state index is 5.77. The normalized spacial score (nSPS) is 27.6. The van der Waals surface area contributed by atoms with E-state index in [9.17, 15) is 0 Å². The molecule has 2 aliphatic rings. The molecule has 3 nitrogen and oxygen atoms in total. The molecule has 0 amide bonds. The van der Waals surface area contributed by atoms with Gasteiger partial charge in [0.2, 0.25) is 0 Å². The third kappa shape index (κ3) is 2.66. The summed E-state index contributed by atoms with van der Waals surface area (Å²) in [6.45, 7) is 5.48. The van der Waals surface area contributed by atoms with Crippen LogP contribution in [0.25, 0.3) is 0 Å². The summed E-state index contributed by atoms with van der Waals surface area (Å²) >= 11 is 0. The van der Waals surface area contributed by atoms with Crippen LogP contribution in [0.5, 0.6) is 0 Å². The fraction of sp³-hybridized carbons (Fsp3) is 0.692. The maximum atomic E-state index is 5.77. The molecule has 0 bridgehead atoms. The quantitative estimate of drug-likeness (QED) is 0.676. The zero-order chi connectivity index (χ0) is 11.6. The number of nitrogens with two attached hydrogens (primary N) is 1. The van der Waals surface area contributed by atoms with Crippen LogP contribution in [0.2, 0.25) is 0 Å². The molecular formula is C13H23N3. The largest absolute Gasteiger partial charge is 0.370 e. The van der Waals surface area contributed by atoms with E-state index in [-0.39, 0.29) is 6.17 Å². The van der Waals surface area contributed by atoms with E-state index >= 15 is 0 Å². The lowest BCUT2D eigenvalue weighted by Crippen LogP contribution is -2.48. The molecule has 1 heterocycles. The van der Waals surface area contributed by atoms with Crippen LogP contribution in [0.1, 0.15) is 39.5 Å². The van der Waals surface area contributed by atoms with E-state index in [1.54, 1.807) is 0 Å². The first kappa shape index (κ1) is 11.7. The van der Waals surface area contributed by atoms with Crippen LogP contribution in [0, 0.1) is 0 Å². The Bertz CT molecular complexity index is 313. The fourth-order valence-electron chi connectivity index (χ4n) is 2.39. The minimum atomic E-state index is -0.0131. The second-order valence-corrected chi connectivity index (χ2v) is 5.27. The van der Waals surface area contributed by atoms with Gasteiger partial charge in [-0.15, -0.1) is 0 Å². The van der Waals surface area contributed by atoms with E-state index in [0.29, 0.717) is 5.54 Å². The Morgan fingerprint density at radius 3 is 2.88 bits per heavy atom. The summed E-state index contributed by atoms with van der Waals surface area (Å²) in [5.74, 6) is 0. The van der Waals surface area contributed by atoms with Crippen molar-refractivity contribution >= 4 is 0 Å². The van der Waals surface area contributed by atoms with Gasteiger partial charge in [-0.2, -0.15) is 0 Å².